The van der Waals surface area contributed by atoms with Crippen LogP contribution in [0.4, 0.5) is 0 Å². The van der Waals surface area contributed by atoms with Gasteiger partial charge in [-0.3, -0.25) is 14.4 Å². The SMILES string of the molecule is C[C@@H](NC(=O)Cn1cnnn1)[C@H]1C(=O)N2C=C(S[C@@H]3CN[C@H](C(=O)N4CCC(N)CC4)C3)[C@H](C)[C@H]12. The van der Waals surface area contributed by atoms with Crippen molar-refractivity contribution < 1.29 is 14.4 Å². The molecule has 5 rings (SSSR count). The highest BCUT2D eigenvalue weighted by molar-refractivity contribution is 8.03. The molecular formula is C22H33N9O3S. The van der Waals surface area contributed by atoms with E-state index in [9.17, 15) is 14.4 Å². The van der Waals surface area contributed by atoms with Gasteiger partial charge in [-0.05, 0) is 36.6 Å². The summed E-state index contributed by atoms with van der Waals surface area (Å²) in [7, 11) is 0. The van der Waals surface area contributed by atoms with Crippen LogP contribution in [0.3, 0.4) is 0 Å². The molecule has 0 spiro atoms. The Bertz CT molecular complexity index is 994. The predicted molar refractivity (Wildman–Crippen MR) is 128 cm³/mol. The van der Waals surface area contributed by atoms with Gasteiger partial charge in [0.15, 0.2) is 0 Å². The number of β-lactam (4-membered cyclic amide) rings is 1. The number of carbonyl (C=O) groups excluding carboxylic acids is 3. The Balaban J connectivity index is 1.12. The Labute approximate surface area is 208 Å². The number of tetrazole rings is 1. The molecule has 0 aliphatic carbocycles. The maximum atomic E-state index is 12.9. The number of aromatic nitrogens is 4. The molecule has 3 fully saturated rings. The highest BCUT2D eigenvalue weighted by Crippen LogP contribution is 2.48. The number of fused-ring (bicyclic) bond motifs is 1. The van der Waals surface area contributed by atoms with E-state index >= 15 is 0 Å². The van der Waals surface area contributed by atoms with Crippen molar-refractivity contribution in [3.05, 3.63) is 17.4 Å². The highest BCUT2D eigenvalue weighted by atomic mass is 32.2. The summed E-state index contributed by atoms with van der Waals surface area (Å²) in [6.07, 6.45) is 5.86. The van der Waals surface area contributed by atoms with E-state index in [1.807, 2.05) is 22.9 Å². The number of nitrogens with one attached hydrogen (secondary N) is 2. The van der Waals surface area contributed by atoms with Crippen LogP contribution in [0, 0.1) is 11.8 Å². The maximum absolute atomic E-state index is 12.9. The minimum atomic E-state index is -0.291. The average Bonchev–Trinajstić information content (AvgIpc) is 3.56. The molecule has 6 atom stereocenters. The number of hydrogen-bond donors (Lipinski definition) is 3. The fourth-order valence-electron chi connectivity index (χ4n) is 5.63. The van der Waals surface area contributed by atoms with Gasteiger partial charge in [-0.2, -0.15) is 0 Å². The molecule has 0 bridgehead atoms. The third-order valence-corrected chi connectivity index (χ3v) is 9.07. The summed E-state index contributed by atoms with van der Waals surface area (Å²) in [4.78, 5) is 43.0. The van der Waals surface area contributed by atoms with Gasteiger partial charge in [0.2, 0.25) is 17.7 Å². The molecule has 190 valence electrons. The van der Waals surface area contributed by atoms with Crippen LogP contribution < -0.4 is 16.4 Å². The second-order valence-corrected chi connectivity index (χ2v) is 11.4. The number of carbonyl (C=O) groups is 3. The first-order valence-electron chi connectivity index (χ1n) is 12.3. The van der Waals surface area contributed by atoms with Crippen molar-refractivity contribution in [2.45, 2.75) is 69.1 Å². The topological polar surface area (TPSA) is 151 Å². The summed E-state index contributed by atoms with van der Waals surface area (Å²) < 4.78 is 1.35. The Morgan fingerprint density at radius 3 is 2.83 bits per heavy atom. The number of likely N-dealkylation sites (tertiary alicyclic amines) is 1. The van der Waals surface area contributed by atoms with E-state index in [0.29, 0.717) is 0 Å². The summed E-state index contributed by atoms with van der Waals surface area (Å²) in [5, 5.41) is 17.4. The molecule has 0 radical (unpaired) electrons. The number of thioether (sulfide) groups is 1. The Morgan fingerprint density at radius 1 is 1.34 bits per heavy atom. The second kappa shape index (κ2) is 9.86. The van der Waals surface area contributed by atoms with E-state index < -0.39 is 0 Å². The van der Waals surface area contributed by atoms with Crippen LogP contribution in [0.15, 0.2) is 17.4 Å². The molecule has 4 aliphatic rings. The number of rotatable bonds is 7. The molecule has 5 heterocycles. The van der Waals surface area contributed by atoms with Crippen LogP contribution in [0.1, 0.15) is 33.1 Å². The predicted octanol–water partition coefficient (Wildman–Crippen LogP) is -1.09. The Morgan fingerprint density at radius 2 is 2.11 bits per heavy atom. The molecule has 0 saturated carbocycles. The fraction of sp³-hybridized carbons (Fsp3) is 0.727. The van der Waals surface area contributed by atoms with Gasteiger partial charge in [-0.15, -0.1) is 16.9 Å². The van der Waals surface area contributed by atoms with Gasteiger partial charge in [0.1, 0.15) is 12.9 Å². The summed E-state index contributed by atoms with van der Waals surface area (Å²) in [6, 6.07) is -0.201. The lowest BCUT2D eigenvalue weighted by molar-refractivity contribution is -0.153. The number of piperidine rings is 1. The normalized spacial score (nSPS) is 31.7. The first kappa shape index (κ1) is 24.2. The zero-order chi connectivity index (χ0) is 24.7. The summed E-state index contributed by atoms with van der Waals surface area (Å²) in [6.45, 7) is 6.27. The molecule has 4 N–H and O–H groups in total. The molecule has 1 aromatic heterocycles. The smallest absolute Gasteiger partial charge is 0.242 e. The standard InChI is InChI=1S/C22H33N9O3S/c1-12-17(35-15-7-16(24-8-15)21(33)29-5-3-14(23)4-6-29)9-31-20(12)19(22(31)34)13(2)26-18(32)10-30-11-25-27-28-30/h9,11-16,19-20,24H,3-8,10,23H2,1-2H3,(H,26,32)/t12-,13+,15-,16-,19+,20+/m0/s1. The lowest BCUT2D eigenvalue weighted by Gasteiger charge is -2.46. The van der Waals surface area contributed by atoms with Crippen molar-refractivity contribution in [1.29, 1.82) is 0 Å². The number of nitrogens with two attached hydrogens (primary N) is 1. The maximum Gasteiger partial charge on any atom is 0.242 e. The lowest BCUT2D eigenvalue weighted by atomic mass is 9.78. The third-order valence-electron chi connectivity index (χ3n) is 7.62. The van der Waals surface area contributed by atoms with Crippen LogP contribution in [-0.2, 0) is 20.9 Å². The molecule has 12 nitrogen and oxygen atoms in total. The average molecular weight is 504 g/mol. The zero-order valence-electron chi connectivity index (χ0n) is 20.0. The Hall–Kier alpha value is -2.51. The number of hydrogen-bond acceptors (Lipinski definition) is 9. The molecule has 13 heteroatoms. The van der Waals surface area contributed by atoms with Crippen LogP contribution >= 0.6 is 11.8 Å². The fourth-order valence-corrected chi connectivity index (χ4v) is 7.01. The second-order valence-electron chi connectivity index (χ2n) is 10.0. The van der Waals surface area contributed by atoms with Crippen LogP contribution in [-0.4, -0.2) is 96.8 Å². The molecule has 35 heavy (non-hydrogen) atoms. The zero-order valence-corrected chi connectivity index (χ0v) is 20.9. The van der Waals surface area contributed by atoms with Crippen LogP contribution in [0.5, 0.6) is 0 Å². The molecule has 0 aromatic carbocycles. The van der Waals surface area contributed by atoms with Crippen molar-refractivity contribution in [3.8, 4) is 0 Å². The molecular weight excluding hydrogens is 470 g/mol. The van der Waals surface area contributed by atoms with Gasteiger partial charge >= 0.3 is 0 Å². The quantitative estimate of drug-likeness (QED) is 0.394. The first-order chi connectivity index (χ1) is 16.8. The molecule has 1 aromatic rings. The van der Waals surface area contributed by atoms with Gasteiger partial charge in [-0.1, -0.05) is 6.92 Å². The van der Waals surface area contributed by atoms with Gasteiger partial charge in [0, 0.05) is 54.0 Å². The summed E-state index contributed by atoms with van der Waals surface area (Å²) in [5.41, 5.74) is 5.97. The van der Waals surface area contributed by atoms with Crippen LogP contribution in [0.25, 0.3) is 0 Å². The van der Waals surface area contributed by atoms with Crippen molar-refractivity contribution >= 4 is 29.5 Å². The highest BCUT2D eigenvalue weighted by Gasteiger charge is 2.56. The van der Waals surface area contributed by atoms with E-state index in [1.165, 1.54) is 15.9 Å². The van der Waals surface area contributed by atoms with Crippen molar-refractivity contribution in [1.82, 2.24) is 40.6 Å². The van der Waals surface area contributed by atoms with E-state index in [4.69, 9.17) is 5.73 Å². The first-order valence-corrected chi connectivity index (χ1v) is 13.2. The minimum absolute atomic E-state index is 0.0142. The monoisotopic (exact) mass is 503 g/mol. The van der Waals surface area contributed by atoms with E-state index in [-0.39, 0.29) is 65.5 Å². The number of amides is 3. The van der Waals surface area contributed by atoms with Crippen LogP contribution in [0.2, 0.25) is 0 Å². The van der Waals surface area contributed by atoms with Crippen molar-refractivity contribution in [2.24, 2.45) is 17.6 Å². The van der Waals surface area contributed by atoms with E-state index in [0.717, 1.165) is 38.9 Å². The van der Waals surface area contributed by atoms with Gasteiger partial charge < -0.3 is 26.2 Å². The number of nitrogens with zero attached hydrogens (tertiary/aromatic N) is 6. The van der Waals surface area contributed by atoms with E-state index in [1.54, 1.807) is 11.8 Å². The summed E-state index contributed by atoms with van der Waals surface area (Å²) in [5.74, 6) is -0.0985. The molecule has 3 saturated heterocycles. The molecule has 4 aliphatic heterocycles. The summed E-state index contributed by atoms with van der Waals surface area (Å²) >= 11 is 1.77. The van der Waals surface area contributed by atoms with Gasteiger partial charge in [0.25, 0.3) is 0 Å². The Kier molecular flexibility index (Phi) is 6.82. The minimum Gasteiger partial charge on any atom is -0.351 e. The van der Waals surface area contributed by atoms with Crippen molar-refractivity contribution in [2.75, 3.05) is 19.6 Å². The van der Waals surface area contributed by atoms with Crippen molar-refractivity contribution in [3.63, 3.8) is 0 Å². The lowest BCUT2D eigenvalue weighted by Crippen LogP contribution is -2.64. The third kappa shape index (κ3) is 4.81. The van der Waals surface area contributed by atoms with E-state index in [2.05, 4.69) is 33.1 Å². The van der Waals surface area contributed by atoms with Gasteiger partial charge in [0.05, 0.1) is 18.0 Å². The van der Waals surface area contributed by atoms with Gasteiger partial charge in [-0.25, -0.2) is 4.68 Å². The molecule has 0 unspecified atom stereocenters. The largest absolute Gasteiger partial charge is 0.351 e. The molecule has 3 amide bonds.